The van der Waals surface area contributed by atoms with Crippen LogP contribution in [0.25, 0.3) is 0 Å². The Bertz CT molecular complexity index is 418. The fraction of sp³-hybridized carbons (Fsp3) is 0.400. The fourth-order valence-electron chi connectivity index (χ4n) is 1.25. The van der Waals surface area contributed by atoms with Gasteiger partial charge in [0.2, 0.25) is 0 Å². The number of aliphatic imine (C=N–C) groups is 1. The van der Waals surface area contributed by atoms with Crippen molar-refractivity contribution in [2.45, 2.75) is 20.8 Å². The van der Waals surface area contributed by atoms with Gasteiger partial charge in [-0.25, -0.2) is 4.79 Å². The van der Waals surface area contributed by atoms with Gasteiger partial charge >= 0.3 is 5.63 Å². The van der Waals surface area contributed by atoms with E-state index in [4.69, 9.17) is 4.42 Å². The number of nitrogens with zero attached hydrogens (tertiary/aromatic N) is 1. The van der Waals surface area contributed by atoms with Crippen molar-refractivity contribution in [2.24, 2.45) is 4.99 Å². The summed E-state index contributed by atoms with van der Waals surface area (Å²) in [6, 6.07) is 1.41. The van der Waals surface area contributed by atoms with E-state index < -0.39 is 5.63 Å². The van der Waals surface area contributed by atoms with Gasteiger partial charge in [0.15, 0.2) is 0 Å². The van der Waals surface area contributed by atoms with Crippen LogP contribution in [0.1, 0.15) is 25.2 Å². The lowest BCUT2D eigenvalue weighted by atomic mass is 10.2. The van der Waals surface area contributed by atoms with Crippen LogP contribution in [0.5, 0.6) is 5.75 Å². The van der Waals surface area contributed by atoms with Crippen LogP contribution in [-0.2, 0) is 0 Å². The van der Waals surface area contributed by atoms with Crippen molar-refractivity contribution in [3.63, 3.8) is 0 Å². The molecule has 1 heterocycles. The summed E-state index contributed by atoms with van der Waals surface area (Å²) in [5.74, 6) is 0.314. The molecular formula is C10H13NO3. The Balaban J connectivity index is 3.35. The molecule has 1 aromatic rings. The first-order valence-electron chi connectivity index (χ1n) is 4.41. The van der Waals surface area contributed by atoms with Gasteiger partial charge in [0.25, 0.3) is 0 Å². The molecule has 1 rings (SSSR count). The minimum atomic E-state index is -0.544. The Labute approximate surface area is 81.9 Å². The van der Waals surface area contributed by atoms with E-state index in [1.807, 2.05) is 6.92 Å². The van der Waals surface area contributed by atoms with E-state index in [-0.39, 0.29) is 11.3 Å². The molecule has 0 bridgehead atoms. The molecule has 0 unspecified atom stereocenters. The standard InChI is InChI=1S/C10H13NO3/c1-4-11-7(3)9-8(12)5-6(2)14-10(9)13/h5,12H,4H2,1-3H3. The smallest absolute Gasteiger partial charge is 0.348 e. The molecule has 4 heteroatoms. The summed E-state index contributed by atoms with van der Waals surface area (Å²) in [6.07, 6.45) is 0. The van der Waals surface area contributed by atoms with Crippen LogP contribution < -0.4 is 5.63 Å². The molecule has 1 aromatic heterocycles. The second-order valence-electron chi connectivity index (χ2n) is 2.96. The van der Waals surface area contributed by atoms with Gasteiger partial charge in [0, 0.05) is 18.3 Å². The van der Waals surface area contributed by atoms with Crippen LogP contribution in [0.15, 0.2) is 20.3 Å². The summed E-state index contributed by atoms with van der Waals surface area (Å²) in [6.45, 7) is 5.71. The van der Waals surface area contributed by atoms with Crippen LogP contribution in [0, 0.1) is 6.92 Å². The second-order valence-corrected chi connectivity index (χ2v) is 2.96. The number of aromatic hydroxyl groups is 1. The quantitative estimate of drug-likeness (QED) is 0.727. The maximum atomic E-state index is 11.4. The largest absolute Gasteiger partial charge is 0.507 e. The lowest BCUT2D eigenvalue weighted by Crippen LogP contribution is -2.13. The summed E-state index contributed by atoms with van der Waals surface area (Å²) in [5.41, 5.74) is 0.105. The third-order valence-corrected chi connectivity index (χ3v) is 1.81. The molecule has 0 aliphatic heterocycles. The van der Waals surface area contributed by atoms with Gasteiger partial charge in [-0.3, -0.25) is 4.99 Å². The van der Waals surface area contributed by atoms with Crippen molar-refractivity contribution >= 4 is 5.71 Å². The van der Waals surface area contributed by atoms with Crippen molar-refractivity contribution in [1.29, 1.82) is 0 Å². The van der Waals surface area contributed by atoms with Crippen LogP contribution in [0.4, 0.5) is 0 Å². The molecule has 1 N–H and O–H groups in total. The molecule has 0 aromatic carbocycles. The molecule has 0 amide bonds. The number of aryl methyl sites for hydroxylation is 1. The summed E-state index contributed by atoms with van der Waals surface area (Å²) in [5, 5.41) is 9.53. The predicted molar refractivity (Wildman–Crippen MR) is 54.1 cm³/mol. The predicted octanol–water partition coefficient (Wildman–Crippen LogP) is 1.48. The van der Waals surface area contributed by atoms with Gasteiger partial charge in [0.1, 0.15) is 17.1 Å². The summed E-state index contributed by atoms with van der Waals surface area (Å²) in [4.78, 5) is 15.4. The monoisotopic (exact) mass is 195 g/mol. The molecule has 14 heavy (non-hydrogen) atoms. The third kappa shape index (κ3) is 2.02. The van der Waals surface area contributed by atoms with Crippen LogP contribution in [-0.4, -0.2) is 17.4 Å². The molecule has 0 radical (unpaired) electrons. The van der Waals surface area contributed by atoms with Crippen molar-refractivity contribution < 1.29 is 9.52 Å². The van der Waals surface area contributed by atoms with E-state index in [0.717, 1.165) is 0 Å². The molecular weight excluding hydrogens is 182 g/mol. The van der Waals surface area contributed by atoms with E-state index in [0.29, 0.717) is 18.0 Å². The lowest BCUT2D eigenvalue weighted by Gasteiger charge is -2.02. The lowest BCUT2D eigenvalue weighted by molar-refractivity contribution is 0.432. The Hall–Kier alpha value is -1.58. The highest BCUT2D eigenvalue weighted by Crippen LogP contribution is 2.15. The first-order chi connectivity index (χ1) is 6.56. The van der Waals surface area contributed by atoms with E-state index in [1.165, 1.54) is 6.07 Å². The van der Waals surface area contributed by atoms with Crippen molar-refractivity contribution in [2.75, 3.05) is 6.54 Å². The highest BCUT2D eigenvalue weighted by atomic mass is 16.4. The zero-order valence-corrected chi connectivity index (χ0v) is 8.50. The SMILES string of the molecule is CCN=C(C)c1c(O)cc(C)oc1=O. The highest BCUT2D eigenvalue weighted by Gasteiger charge is 2.11. The van der Waals surface area contributed by atoms with Crippen molar-refractivity contribution in [3.05, 3.63) is 27.8 Å². The minimum absolute atomic E-state index is 0.0755. The summed E-state index contributed by atoms with van der Waals surface area (Å²) in [7, 11) is 0. The summed E-state index contributed by atoms with van der Waals surface area (Å²) < 4.78 is 4.86. The van der Waals surface area contributed by atoms with E-state index in [1.54, 1.807) is 13.8 Å². The van der Waals surface area contributed by atoms with Gasteiger partial charge in [-0.15, -0.1) is 0 Å². The van der Waals surface area contributed by atoms with Crippen molar-refractivity contribution in [1.82, 2.24) is 0 Å². The van der Waals surface area contributed by atoms with Crippen LogP contribution in [0.3, 0.4) is 0 Å². The average molecular weight is 195 g/mol. The van der Waals surface area contributed by atoms with Crippen molar-refractivity contribution in [3.8, 4) is 5.75 Å². The first kappa shape index (κ1) is 10.5. The maximum absolute atomic E-state index is 11.4. The molecule has 0 aliphatic carbocycles. The van der Waals surface area contributed by atoms with E-state index >= 15 is 0 Å². The van der Waals surface area contributed by atoms with Gasteiger partial charge < -0.3 is 9.52 Å². The molecule has 4 nitrogen and oxygen atoms in total. The number of hydrogen-bond acceptors (Lipinski definition) is 4. The van der Waals surface area contributed by atoms with Gasteiger partial charge in [-0.2, -0.15) is 0 Å². The molecule has 76 valence electrons. The van der Waals surface area contributed by atoms with Gasteiger partial charge in [-0.1, -0.05) is 0 Å². The topological polar surface area (TPSA) is 62.8 Å². The zero-order chi connectivity index (χ0) is 10.7. The Kier molecular flexibility index (Phi) is 3.06. The Morgan fingerprint density at radius 3 is 2.79 bits per heavy atom. The van der Waals surface area contributed by atoms with Gasteiger partial charge in [0.05, 0.1) is 0 Å². The fourth-order valence-corrected chi connectivity index (χ4v) is 1.25. The minimum Gasteiger partial charge on any atom is -0.507 e. The molecule has 0 saturated carbocycles. The third-order valence-electron chi connectivity index (χ3n) is 1.81. The van der Waals surface area contributed by atoms with E-state index in [9.17, 15) is 9.90 Å². The normalized spacial score (nSPS) is 11.8. The molecule has 0 fully saturated rings. The number of rotatable bonds is 2. The molecule has 0 atom stereocenters. The highest BCUT2D eigenvalue weighted by molar-refractivity contribution is 6.00. The molecule has 0 aliphatic rings. The van der Waals surface area contributed by atoms with E-state index in [2.05, 4.69) is 4.99 Å². The molecule has 0 spiro atoms. The first-order valence-corrected chi connectivity index (χ1v) is 4.41. The molecule has 0 saturated heterocycles. The Morgan fingerprint density at radius 1 is 1.64 bits per heavy atom. The van der Waals surface area contributed by atoms with Crippen LogP contribution in [0.2, 0.25) is 0 Å². The summed E-state index contributed by atoms with van der Waals surface area (Å²) >= 11 is 0. The second kappa shape index (κ2) is 4.09. The average Bonchev–Trinajstić information content (AvgIpc) is 2.01. The Morgan fingerprint density at radius 2 is 2.29 bits per heavy atom. The van der Waals surface area contributed by atoms with Crippen LogP contribution >= 0.6 is 0 Å². The number of hydrogen-bond donors (Lipinski definition) is 1. The zero-order valence-electron chi connectivity index (χ0n) is 8.50. The van der Waals surface area contributed by atoms with Gasteiger partial charge in [-0.05, 0) is 20.8 Å². The maximum Gasteiger partial charge on any atom is 0.348 e.